The third-order valence-corrected chi connectivity index (χ3v) is 4.64. The molecule has 120 valence electrons. The van der Waals surface area contributed by atoms with Crippen LogP contribution >= 0.6 is 0 Å². The minimum absolute atomic E-state index is 0.0399. The van der Waals surface area contributed by atoms with E-state index in [4.69, 9.17) is 9.31 Å². The molecule has 0 aromatic carbocycles. The Bertz CT molecular complexity index is 584. The smallest absolute Gasteiger partial charge is 0.399 e. The Labute approximate surface area is 127 Å². The van der Waals surface area contributed by atoms with Crippen LogP contribution in [0.4, 0.5) is 13.2 Å². The molecule has 0 bridgehead atoms. The molecule has 4 nitrogen and oxygen atoms in total. The van der Waals surface area contributed by atoms with Crippen molar-refractivity contribution in [2.45, 2.75) is 63.8 Å². The largest absolute Gasteiger partial charge is 0.498 e. The summed E-state index contributed by atoms with van der Waals surface area (Å²) < 4.78 is 51.7. The SMILES string of the molecule is CC1(C)OB(c2c(C3CC3)ncnc2C(F)(F)F)OC1(C)C. The minimum Gasteiger partial charge on any atom is -0.399 e. The summed E-state index contributed by atoms with van der Waals surface area (Å²) in [7, 11) is -1.10. The molecule has 3 rings (SSSR count). The first-order valence-electron chi connectivity index (χ1n) is 7.30. The molecular formula is C14H18BF3N2O2. The lowest BCUT2D eigenvalue weighted by molar-refractivity contribution is -0.140. The molecule has 2 heterocycles. The number of rotatable bonds is 2. The molecule has 0 N–H and O–H groups in total. The monoisotopic (exact) mass is 314 g/mol. The molecule has 1 aromatic heterocycles. The zero-order valence-electron chi connectivity index (χ0n) is 13.0. The van der Waals surface area contributed by atoms with Gasteiger partial charge < -0.3 is 9.31 Å². The van der Waals surface area contributed by atoms with Gasteiger partial charge in [-0.25, -0.2) is 9.97 Å². The predicted octanol–water partition coefficient (Wildman–Crippen LogP) is 2.67. The van der Waals surface area contributed by atoms with Gasteiger partial charge in [-0.1, -0.05) is 0 Å². The zero-order valence-corrected chi connectivity index (χ0v) is 13.0. The van der Waals surface area contributed by atoms with Crippen molar-refractivity contribution in [2.24, 2.45) is 0 Å². The van der Waals surface area contributed by atoms with Crippen molar-refractivity contribution < 1.29 is 22.5 Å². The highest BCUT2D eigenvalue weighted by Crippen LogP contribution is 2.42. The van der Waals surface area contributed by atoms with Crippen LogP contribution in [0.25, 0.3) is 0 Å². The molecule has 1 aromatic rings. The highest BCUT2D eigenvalue weighted by atomic mass is 19.4. The van der Waals surface area contributed by atoms with Crippen LogP contribution in [0.1, 0.15) is 57.8 Å². The summed E-state index contributed by atoms with van der Waals surface area (Å²) in [6.45, 7) is 7.23. The van der Waals surface area contributed by atoms with Gasteiger partial charge in [0.15, 0.2) is 0 Å². The second-order valence-corrected chi connectivity index (χ2v) is 6.88. The van der Waals surface area contributed by atoms with Crippen LogP contribution in [0.15, 0.2) is 6.33 Å². The molecule has 1 saturated carbocycles. The summed E-state index contributed by atoms with van der Waals surface area (Å²) >= 11 is 0. The first kappa shape index (κ1) is 15.7. The van der Waals surface area contributed by atoms with Crippen molar-refractivity contribution in [3.05, 3.63) is 17.7 Å². The lowest BCUT2D eigenvalue weighted by Gasteiger charge is -2.32. The maximum atomic E-state index is 13.3. The van der Waals surface area contributed by atoms with Crippen LogP contribution in [0.3, 0.4) is 0 Å². The third-order valence-electron chi connectivity index (χ3n) is 4.64. The molecule has 1 aliphatic heterocycles. The van der Waals surface area contributed by atoms with E-state index in [1.54, 1.807) is 27.7 Å². The van der Waals surface area contributed by atoms with Gasteiger partial charge >= 0.3 is 13.3 Å². The molecule has 0 spiro atoms. The van der Waals surface area contributed by atoms with Gasteiger partial charge in [-0.3, -0.25) is 0 Å². The van der Waals surface area contributed by atoms with Crippen LogP contribution in [-0.2, 0) is 15.5 Å². The summed E-state index contributed by atoms with van der Waals surface area (Å²) in [6.07, 6.45) is -1.92. The van der Waals surface area contributed by atoms with Crippen molar-refractivity contribution in [3.63, 3.8) is 0 Å². The molecule has 0 unspecified atom stereocenters. The van der Waals surface area contributed by atoms with Gasteiger partial charge in [0.25, 0.3) is 0 Å². The average molecular weight is 314 g/mol. The number of alkyl halides is 3. The summed E-state index contributed by atoms with van der Waals surface area (Å²) in [4.78, 5) is 7.55. The van der Waals surface area contributed by atoms with E-state index in [0.29, 0.717) is 5.69 Å². The molecule has 0 radical (unpaired) electrons. The lowest BCUT2D eigenvalue weighted by Crippen LogP contribution is -2.42. The van der Waals surface area contributed by atoms with Crippen molar-refractivity contribution in [1.82, 2.24) is 9.97 Å². The van der Waals surface area contributed by atoms with Gasteiger partial charge in [-0.05, 0) is 40.5 Å². The third kappa shape index (κ3) is 2.52. The van der Waals surface area contributed by atoms with Crippen LogP contribution in [-0.4, -0.2) is 28.3 Å². The van der Waals surface area contributed by atoms with Gasteiger partial charge in [0, 0.05) is 17.1 Å². The molecule has 1 aliphatic carbocycles. The first-order valence-corrected chi connectivity index (χ1v) is 7.30. The fourth-order valence-electron chi connectivity index (χ4n) is 2.51. The Balaban J connectivity index is 2.10. The molecule has 2 fully saturated rings. The van der Waals surface area contributed by atoms with Gasteiger partial charge in [0.05, 0.1) is 11.2 Å². The number of hydrogen-bond acceptors (Lipinski definition) is 4. The van der Waals surface area contributed by atoms with Gasteiger partial charge in [-0.15, -0.1) is 0 Å². The molecular weight excluding hydrogens is 296 g/mol. The van der Waals surface area contributed by atoms with Crippen LogP contribution in [0.5, 0.6) is 0 Å². The summed E-state index contributed by atoms with van der Waals surface area (Å²) in [5.74, 6) is 0.0399. The normalized spacial score (nSPS) is 23.9. The molecule has 2 aliphatic rings. The van der Waals surface area contributed by atoms with Crippen LogP contribution in [0.2, 0.25) is 0 Å². The molecule has 0 atom stereocenters. The van der Waals surface area contributed by atoms with E-state index < -0.39 is 30.2 Å². The van der Waals surface area contributed by atoms with E-state index in [9.17, 15) is 13.2 Å². The Morgan fingerprint density at radius 3 is 2.09 bits per heavy atom. The molecule has 0 amide bonds. The van der Waals surface area contributed by atoms with E-state index >= 15 is 0 Å². The quantitative estimate of drug-likeness (QED) is 0.787. The second kappa shape index (κ2) is 4.68. The predicted molar refractivity (Wildman–Crippen MR) is 74.7 cm³/mol. The van der Waals surface area contributed by atoms with Crippen LogP contribution in [0, 0.1) is 0 Å². The van der Waals surface area contributed by atoms with E-state index in [0.717, 1.165) is 19.2 Å². The fraction of sp³-hybridized carbons (Fsp3) is 0.714. The van der Waals surface area contributed by atoms with Crippen LogP contribution < -0.4 is 5.46 Å². The van der Waals surface area contributed by atoms with E-state index in [2.05, 4.69) is 9.97 Å². The van der Waals surface area contributed by atoms with Crippen molar-refractivity contribution in [1.29, 1.82) is 0 Å². The van der Waals surface area contributed by atoms with Crippen molar-refractivity contribution in [3.8, 4) is 0 Å². The summed E-state index contributed by atoms with van der Waals surface area (Å²) in [6, 6.07) is 0. The Morgan fingerprint density at radius 2 is 1.64 bits per heavy atom. The fourth-order valence-corrected chi connectivity index (χ4v) is 2.51. The lowest BCUT2D eigenvalue weighted by atomic mass is 9.75. The Morgan fingerprint density at radius 1 is 1.09 bits per heavy atom. The van der Waals surface area contributed by atoms with E-state index in [-0.39, 0.29) is 11.4 Å². The average Bonchev–Trinajstić information content (AvgIpc) is 3.16. The van der Waals surface area contributed by atoms with Crippen molar-refractivity contribution >= 4 is 12.6 Å². The Hall–Kier alpha value is -1.15. The maximum absolute atomic E-state index is 13.3. The van der Waals surface area contributed by atoms with Gasteiger partial charge in [-0.2, -0.15) is 13.2 Å². The standard InChI is InChI=1S/C14H18BF3N2O2/c1-12(2)13(3,4)22-15(21-12)9-10(8-5-6-8)19-7-20-11(9)14(16,17)18/h7-8H,5-6H2,1-4H3. The Kier molecular flexibility index (Phi) is 3.34. The van der Waals surface area contributed by atoms with E-state index in [1.807, 2.05) is 0 Å². The zero-order chi connectivity index (χ0) is 16.3. The second-order valence-electron chi connectivity index (χ2n) is 6.88. The highest BCUT2D eigenvalue weighted by Gasteiger charge is 2.55. The maximum Gasteiger partial charge on any atom is 0.498 e. The molecule has 1 saturated heterocycles. The van der Waals surface area contributed by atoms with Gasteiger partial charge in [0.2, 0.25) is 0 Å². The highest BCUT2D eigenvalue weighted by molar-refractivity contribution is 6.63. The summed E-state index contributed by atoms with van der Waals surface area (Å²) in [5.41, 5.74) is -2.03. The van der Waals surface area contributed by atoms with Gasteiger partial charge in [0.1, 0.15) is 12.0 Å². The van der Waals surface area contributed by atoms with E-state index in [1.165, 1.54) is 0 Å². The molecule has 22 heavy (non-hydrogen) atoms. The first-order chi connectivity index (χ1) is 10.0. The summed E-state index contributed by atoms with van der Waals surface area (Å²) in [5, 5.41) is 0. The number of nitrogens with zero attached hydrogens (tertiary/aromatic N) is 2. The molecule has 8 heteroatoms. The van der Waals surface area contributed by atoms with Crippen molar-refractivity contribution in [2.75, 3.05) is 0 Å². The number of hydrogen-bond donors (Lipinski definition) is 0. The topological polar surface area (TPSA) is 44.2 Å². The number of aromatic nitrogens is 2. The minimum atomic E-state index is -4.56. The number of halogens is 3.